The van der Waals surface area contributed by atoms with E-state index in [4.69, 9.17) is 28.9 Å². The minimum absolute atomic E-state index is 0.816. The van der Waals surface area contributed by atoms with E-state index in [-0.39, 0.29) is 0 Å². The molecule has 2 heterocycles. The largest absolute Gasteiger partial charge is 0.497 e. The highest BCUT2D eigenvalue weighted by atomic mass is 16.5. The second kappa shape index (κ2) is 18.2. The van der Waals surface area contributed by atoms with Gasteiger partial charge in [0, 0.05) is 22.3 Å². The Balaban J connectivity index is 0.000000177. The molecule has 0 saturated heterocycles. The van der Waals surface area contributed by atoms with Crippen LogP contribution in [0.1, 0.15) is 11.1 Å². The van der Waals surface area contributed by atoms with Crippen LogP contribution in [0.3, 0.4) is 0 Å². The fourth-order valence-electron chi connectivity index (χ4n) is 6.63. The van der Waals surface area contributed by atoms with E-state index in [1.807, 2.05) is 66.7 Å². The highest BCUT2D eigenvalue weighted by Gasteiger charge is 2.12. The molecule has 288 valence electrons. The van der Waals surface area contributed by atoms with Gasteiger partial charge >= 0.3 is 0 Å². The zero-order valence-corrected chi connectivity index (χ0v) is 33.7. The number of hydrogen-bond acceptors (Lipinski definition) is 6. The van der Waals surface area contributed by atoms with E-state index in [0.717, 1.165) is 90.3 Å². The molecule has 0 saturated carbocycles. The molecule has 0 spiro atoms. The van der Waals surface area contributed by atoms with Crippen molar-refractivity contribution in [3.05, 3.63) is 181 Å². The maximum atomic E-state index is 5.41. The van der Waals surface area contributed by atoms with E-state index in [1.54, 1.807) is 28.4 Å². The highest BCUT2D eigenvalue weighted by molar-refractivity contribution is 5.78. The summed E-state index contributed by atoms with van der Waals surface area (Å²) in [7, 11) is 6.71. The Hall–Kier alpha value is -7.18. The Bertz CT molecular complexity index is 2530. The average molecular weight is 763 g/mol. The molecule has 58 heavy (non-hydrogen) atoms. The number of rotatable bonds is 10. The smallest absolute Gasteiger partial charge is 0.119 e. The summed E-state index contributed by atoms with van der Waals surface area (Å²) in [6, 6.07) is 57.6. The Kier molecular flexibility index (Phi) is 12.2. The molecule has 0 aliphatic carbocycles. The molecule has 0 bridgehead atoms. The highest BCUT2D eigenvalue weighted by Crippen LogP contribution is 2.34. The fourth-order valence-corrected chi connectivity index (χ4v) is 6.63. The van der Waals surface area contributed by atoms with Gasteiger partial charge < -0.3 is 18.9 Å². The van der Waals surface area contributed by atoms with E-state index >= 15 is 0 Å². The van der Waals surface area contributed by atoms with Gasteiger partial charge in [0.25, 0.3) is 0 Å². The molecule has 0 amide bonds. The molecule has 0 radical (unpaired) electrons. The number of nitrogens with zero attached hydrogens (tertiary/aromatic N) is 2. The van der Waals surface area contributed by atoms with Crippen molar-refractivity contribution in [2.45, 2.75) is 13.8 Å². The Morgan fingerprint density at radius 1 is 0.276 bits per heavy atom. The van der Waals surface area contributed by atoms with Gasteiger partial charge in [0.1, 0.15) is 23.0 Å². The van der Waals surface area contributed by atoms with Crippen molar-refractivity contribution >= 4 is 0 Å². The molecular weight excluding hydrogens is 717 g/mol. The lowest BCUT2D eigenvalue weighted by Crippen LogP contribution is -1.92. The minimum atomic E-state index is 0.816. The second-order valence-electron chi connectivity index (χ2n) is 13.9. The molecule has 0 fully saturated rings. The van der Waals surface area contributed by atoms with Crippen molar-refractivity contribution in [3.8, 4) is 90.3 Å². The molecule has 0 aliphatic rings. The summed E-state index contributed by atoms with van der Waals surface area (Å²) in [5.41, 5.74) is 14.9. The van der Waals surface area contributed by atoms with Gasteiger partial charge in [-0.1, -0.05) is 90.0 Å². The normalized spacial score (nSPS) is 10.6. The van der Waals surface area contributed by atoms with E-state index in [9.17, 15) is 0 Å². The third-order valence-corrected chi connectivity index (χ3v) is 9.91. The van der Waals surface area contributed by atoms with Crippen LogP contribution in [0.25, 0.3) is 67.3 Å². The van der Waals surface area contributed by atoms with Crippen molar-refractivity contribution < 1.29 is 18.9 Å². The monoisotopic (exact) mass is 762 g/mol. The molecule has 8 rings (SSSR count). The zero-order valence-electron chi connectivity index (χ0n) is 33.7. The second-order valence-corrected chi connectivity index (χ2v) is 13.9. The summed E-state index contributed by atoms with van der Waals surface area (Å²) < 4.78 is 21.3. The number of aromatic nitrogens is 2. The van der Waals surface area contributed by atoms with Crippen molar-refractivity contribution in [3.63, 3.8) is 0 Å². The summed E-state index contributed by atoms with van der Waals surface area (Å²) in [5, 5.41) is 0. The average Bonchev–Trinajstić information content (AvgIpc) is 3.29. The van der Waals surface area contributed by atoms with Gasteiger partial charge in [-0.2, -0.15) is 0 Å². The Labute approximate surface area is 341 Å². The molecule has 0 aliphatic heterocycles. The van der Waals surface area contributed by atoms with Crippen molar-refractivity contribution in [2.75, 3.05) is 28.4 Å². The molecule has 8 aromatic rings. The number of aryl methyl sites for hydroxylation is 2. The van der Waals surface area contributed by atoms with Gasteiger partial charge in [0.2, 0.25) is 0 Å². The Morgan fingerprint density at radius 3 is 1.05 bits per heavy atom. The standard InChI is InChI=1S/2C26H23NO2/c1-18-4-6-20(7-5-18)25-16-22(19-8-12-23(28-2)13-9-19)17-26(27-25)21-10-14-24(29-3)15-11-21;1-18-6-4-7-20(14-18)25-16-22(19-10-12-23(28-2)13-11-19)17-26(27-25)21-8-5-9-24(15-21)29-3/h2*4-17H,1-3H3. The summed E-state index contributed by atoms with van der Waals surface area (Å²) in [5.74, 6) is 3.33. The first-order valence-corrected chi connectivity index (χ1v) is 19.1. The van der Waals surface area contributed by atoms with Crippen LogP contribution in [-0.4, -0.2) is 38.4 Å². The molecule has 6 nitrogen and oxygen atoms in total. The number of hydrogen-bond donors (Lipinski definition) is 0. The number of benzene rings is 6. The minimum Gasteiger partial charge on any atom is -0.497 e. The lowest BCUT2D eigenvalue weighted by Gasteiger charge is -2.12. The van der Waals surface area contributed by atoms with Gasteiger partial charge in [0.05, 0.1) is 51.2 Å². The van der Waals surface area contributed by atoms with E-state index in [1.165, 1.54) is 11.1 Å². The third kappa shape index (κ3) is 9.43. The summed E-state index contributed by atoms with van der Waals surface area (Å²) >= 11 is 0. The SMILES string of the molecule is COc1ccc(-c2cc(-c3ccc(C)cc3)nc(-c3ccc(OC)cc3)c2)cc1.COc1ccc(-c2cc(-c3cccc(C)c3)nc(-c3cccc(OC)c3)c2)cc1. The number of methoxy groups -OCH3 is 4. The predicted molar refractivity (Wildman–Crippen MR) is 237 cm³/mol. The van der Waals surface area contributed by atoms with Gasteiger partial charge in [-0.25, -0.2) is 9.97 Å². The van der Waals surface area contributed by atoms with Crippen LogP contribution in [0.4, 0.5) is 0 Å². The zero-order chi connectivity index (χ0) is 40.4. The number of pyridine rings is 2. The summed E-state index contributed by atoms with van der Waals surface area (Å²) in [6.07, 6.45) is 0. The first-order chi connectivity index (χ1) is 28.3. The van der Waals surface area contributed by atoms with E-state index < -0.39 is 0 Å². The molecule has 6 aromatic carbocycles. The van der Waals surface area contributed by atoms with Crippen LogP contribution in [0.5, 0.6) is 23.0 Å². The molecule has 2 aromatic heterocycles. The van der Waals surface area contributed by atoms with Crippen LogP contribution in [0.2, 0.25) is 0 Å². The van der Waals surface area contributed by atoms with Gasteiger partial charge in [-0.3, -0.25) is 0 Å². The van der Waals surface area contributed by atoms with Crippen molar-refractivity contribution in [1.29, 1.82) is 0 Å². The molecule has 6 heteroatoms. The predicted octanol–water partition coefficient (Wildman–Crippen LogP) is 12.8. The fraction of sp³-hybridized carbons (Fsp3) is 0.115. The van der Waals surface area contributed by atoms with Gasteiger partial charge in [-0.05, 0) is 127 Å². The van der Waals surface area contributed by atoms with Crippen LogP contribution in [-0.2, 0) is 0 Å². The molecule has 0 unspecified atom stereocenters. The van der Waals surface area contributed by atoms with Gasteiger partial charge in [-0.15, -0.1) is 0 Å². The third-order valence-electron chi connectivity index (χ3n) is 9.91. The van der Waals surface area contributed by atoms with Crippen LogP contribution >= 0.6 is 0 Å². The van der Waals surface area contributed by atoms with Crippen LogP contribution in [0, 0.1) is 13.8 Å². The number of ether oxygens (including phenoxy) is 4. The van der Waals surface area contributed by atoms with Crippen LogP contribution < -0.4 is 18.9 Å². The van der Waals surface area contributed by atoms with E-state index in [2.05, 4.69) is 117 Å². The molecule has 0 N–H and O–H groups in total. The Morgan fingerprint density at radius 2 is 0.638 bits per heavy atom. The topological polar surface area (TPSA) is 62.7 Å². The first kappa shape index (κ1) is 39.1. The molecule has 0 atom stereocenters. The first-order valence-electron chi connectivity index (χ1n) is 19.1. The maximum Gasteiger partial charge on any atom is 0.119 e. The van der Waals surface area contributed by atoms with Crippen molar-refractivity contribution in [2.24, 2.45) is 0 Å². The quantitative estimate of drug-likeness (QED) is 0.138. The van der Waals surface area contributed by atoms with E-state index in [0.29, 0.717) is 0 Å². The lowest BCUT2D eigenvalue weighted by molar-refractivity contribution is 0.415. The maximum absolute atomic E-state index is 5.41. The van der Waals surface area contributed by atoms with Crippen LogP contribution in [0.15, 0.2) is 170 Å². The lowest BCUT2D eigenvalue weighted by atomic mass is 9.99. The van der Waals surface area contributed by atoms with Crippen molar-refractivity contribution in [1.82, 2.24) is 9.97 Å². The summed E-state index contributed by atoms with van der Waals surface area (Å²) in [6.45, 7) is 4.19. The summed E-state index contributed by atoms with van der Waals surface area (Å²) in [4.78, 5) is 9.92. The van der Waals surface area contributed by atoms with Gasteiger partial charge in [0.15, 0.2) is 0 Å². The molecular formula is C52H46N2O4.